The lowest BCUT2D eigenvalue weighted by Crippen LogP contribution is -2.15. The van der Waals surface area contributed by atoms with Gasteiger partial charge in [-0.05, 0) is 47.5 Å². The molecule has 0 unspecified atom stereocenters. The van der Waals surface area contributed by atoms with E-state index < -0.39 is 16.0 Å². The van der Waals surface area contributed by atoms with Gasteiger partial charge < -0.3 is 4.74 Å². The van der Waals surface area contributed by atoms with Crippen molar-refractivity contribution >= 4 is 59.0 Å². The number of halogens is 1. The molecule has 158 valence electrons. The maximum atomic E-state index is 13.1. The number of benzene rings is 3. The molecule has 0 saturated heterocycles. The van der Waals surface area contributed by atoms with Crippen molar-refractivity contribution in [2.24, 2.45) is 0 Å². The number of rotatable bonds is 5. The molecule has 1 aromatic heterocycles. The Labute approximate surface area is 192 Å². The second-order valence-corrected chi connectivity index (χ2v) is 10.7. The first-order valence-electron chi connectivity index (χ1n) is 9.29. The van der Waals surface area contributed by atoms with Crippen LogP contribution in [-0.2, 0) is 14.8 Å². The lowest BCUT2D eigenvalue weighted by Gasteiger charge is -2.10. The number of hydrogen-bond donors (Lipinski definition) is 1. The summed E-state index contributed by atoms with van der Waals surface area (Å²) >= 11 is 4.61. The van der Waals surface area contributed by atoms with Gasteiger partial charge in [-0.1, -0.05) is 58.4 Å². The Morgan fingerprint density at radius 1 is 1.00 bits per heavy atom. The van der Waals surface area contributed by atoms with E-state index in [4.69, 9.17) is 4.74 Å². The van der Waals surface area contributed by atoms with E-state index in [1.54, 1.807) is 18.2 Å². The highest BCUT2D eigenvalue weighted by Gasteiger charge is 2.27. The van der Waals surface area contributed by atoms with Gasteiger partial charge in [-0.2, -0.15) is 0 Å². The number of carbonyl (C=O) groups is 1. The fraction of sp³-hybridized carbons (Fsp3) is 0.0870. The first kappa shape index (κ1) is 21.5. The lowest BCUT2D eigenvalue weighted by atomic mass is 10.0. The molecule has 1 N–H and O–H groups in total. The SMILES string of the molecule is COC(=O)c1c(NS(=O)(=O)c2ccc3ccccc3c2)sc(C)c1-c1ccc(Br)cc1. The number of nitrogens with one attached hydrogen (secondary N) is 1. The largest absolute Gasteiger partial charge is 0.465 e. The number of ether oxygens (including phenoxy) is 1. The van der Waals surface area contributed by atoms with Crippen LogP contribution >= 0.6 is 27.3 Å². The summed E-state index contributed by atoms with van der Waals surface area (Å²) in [5.41, 5.74) is 1.66. The van der Waals surface area contributed by atoms with Crippen LogP contribution < -0.4 is 4.72 Å². The number of anilines is 1. The summed E-state index contributed by atoms with van der Waals surface area (Å²) in [6, 6.07) is 19.9. The normalized spacial score (nSPS) is 11.5. The molecule has 0 saturated carbocycles. The second kappa shape index (κ2) is 8.45. The minimum Gasteiger partial charge on any atom is -0.465 e. The maximum Gasteiger partial charge on any atom is 0.341 e. The van der Waals surface area contributed by atoms with Gasteiger partial charge in [-0.15, -0.1) is 11.3 Å². The molecule has 0 aliphatic rings. The third-order valence-electron chi connectivity index (χ3n) is 4.86. The van der Waals surface area contributed by atoms with Crippen molar-refractivity contribution in [3.63, 3.8) is 0 Å². The van der Waals surface area contributed by atoms with Crippen molar-refractivity contribution in [2.75, 3.05) is 11.8 Å². The Morgan fingerprint density at radius 3 is 2.35 bits per heavy atom. The average Bonchev–Trinajstić information content (AvgIpc) is 3.08. The molecule has 0 atom stereocenters. The van der Waals surface area contributed by atoms with Crippen LogP contribution in [0.5, 0.6) is 0 Å². The standard InChI is InChI=1S/C23H18BrNO4S2/c1-14-20(16-7-10-18(24)11-8-16)21(23(26)29-2)22(30-14)25-31(27,28)19-12-9-15-5-3-4-6-17(15)13-19/h3-13,25H,1-2H3. The van der Waals surface area contributed by atoms with E-state index in [0.29, 0.717) is 5.56 Å². The van der Waals surface area contributed by atoms with Crippen molar-refractivity contribution in [2.45, 2.75) is 11.8 Å². The Hall–Kier alpha value is -2.68. The smallest absolute Gasteiger partial charge is 0.341 e. The van der Waals surface area contributed by atoms with Crippen LogP contribution in [-0.4, -0.2) is 21.5 Å². The van der Waals surface area contributed by atoms with Gasteiger partial charge in [0.1, 0.15) is 10.6 Å². The zero-order valence-corrected chi connectivity index (χ0v) is 19.9. The molecule has 0 bridgehead atoms. The summed E-state index contributed by atoms with van der Waals surface area (Å²) in [5.74, 6) is -0.599. The van der Waals surface area contributed by atoms with E-state index in [1.807, 2.05) is 55.5 Å². The van der Waals surface area contributed by atoms with Crippen LogP contribution in [0.25, 0.3) is 21.9 Å². The predicted molar refractivity (Wildman–Crippen MR) is 128 cm³/mol. The Kier molecular flexibility index (Phi) is 5.88. The minimum atomic E-state index is -3.92. The van der Waals surface area contributed by atoms with E-state index in [9.17, 15) is 13.2 Å². The molecular formula is C23H18BrNO4S2. The van der Waals surface area contributed by atoms with Crippen molar-refractivity contribution < 1.29 is 17.9 Å². The quantitative estimate of drug-likeness (QED) is 0.320. The average molecular weight is 516 g/mol. The van der Waals surface area contributed by atoms with Crippen molar-refractivity contribution in [1.82, 2.24) is 0 Å². The molecule has 0 aliphatic carbocycles. The molecule has 0 fully saturated rings. The van der Waals surface area contributed by atoms with E-state index in [2.05, 4.69) is 20.7 Å². The van der Waals surface area contributed by atoms with Gasteiger partial charge in [-0.25, -0.2) is 13.2 Å². The van der Waals surface area contributed by atoms with Crippen LogP contribution in [0.2, 0.25) is 0 Å². The molecule has 5 nitrogen and oxygen atoms in total. The number of fused-ring (bicyclic) bond motifs is 1. The van der Waals surface area contributed by atoms with Crippen LogP contribution in [0, 0.1) is 6.92 Å². The van der Waals surface area contributed by atoms with E-state index in [1.165, 1.54) is 18.4 Å². The third-order valence-corrected chi connectivity index (χ3v) is 7.89. The second-order valence-electron chi connectivity index (χ2n) is 6.85. The molecule has 0 spiro atoms. The number of methoxy groups -OCH3 is 1. The Bertz CT molecular complexity index is 1390. The summed E-state index contributed by atoms with van der Waals surface area (Å²) in [5, 5.41) is 1.99. The van der Waals surface area contributed by atoms with Crippen LogP contribution in [0.1, 0.15) is 15.2 Å². The van der Waals surface area contributed by atoms with Gasteiger partial charge in [0.25, 0.3) is 10.0 Å². The fourth-order valence-electron chi connectivity index (χ4n) is 3.39. The zero-order chi connectivity index (χ0) is 22.2. The fourth-order valence-corrected chi connectivity index (χ4v) is 6.06. The molecular weight excluding hydrogens is 498 g/mol. The highest BCUT2D eigenvalue weighted by atomic mass is 79.9. The molecule has 0 amide bonds. The molecule has 0 radical (unpaired) electrons. The van der Waals surface area contributed by atoms with Crippen molar-refractivity contribution in [3.8, 4) is 11.1 Å². The monoisotopic (exact) mass is 515 g/mol. The van der Waals surface area contributed by atoms with E-state index >= 15 is 0 Å². The van der Waals surface area contributed by atoms with Crippen LogP contribution in [0.3, 0.4) is 0 Å². The molecule has 0 aliphatic heterocycles. The highest BCUT2D eigenvalue weighted by Crippen LogP contribution is 2.41. The number of thiophene rings is 1. The van der Waals surface area contributed by atoms with Crippen molar-refractivity contribution in [1.29, 1.82) is 0 Å². The predicted octanol–water partition coefficient (Wildman–Crippen LogP) is 6.23. The van der Waals surface area contributed by atoms with Gasteiger partial charge in [0.2, 0.25) is 0 Å². The summed E-state index contributed by atoms with van der Waals surface area (Å²) in [7, 11) is -2.64. The van der Waals surface area contributed by atoms with Gasteiger partial charge in [0, 0.05) is 14.9 Å². The van der Waals surface area contributed by atoms with Crippen molar-refractivity contribution in [3.05, 3.63) is 81.6 Å². The van der Waals surface area contributed by atoms with Crippen LogP contribution in [0.15, 0.2) is 76.1 Å². The topological polar surface area (TPSA) is 72.5 Å². The van der Waals surface area contributed by atoms with E-state index in [0.717, 1.165) is 25.7 Å². The summed E-state index contributed by atoms with van der Waals surface area (Å²) in [6.07, 6.45) is 0. The number of aryl methyl sites for hydroxylation is 1. The Morgan fingerprint density at radius 2 is 1.68 bits per heavy atom. The maximum absolute atomic E-state index is 13.1. The van der Waals surface area contributed by atoms with Gasteiger partial charge in [0.15, 0.2) is 0 Å². The van der Waals surface area contributed by atoms with E-state index in [-0.39, 0.29) is 15.5 Å². The number of carbonyl (C=O) groups excluding carboxylic acids is 1. The molecule has 4 rings (SSSR count). The molecule has 31 heavy (non-hydrogen) atoms. The number of esters is 1. The molecule has 4 aromatic rings. The van der Waals surface area contributed by atoms with Gasteiger partial charge in [0.05, 0.1) is 12.0 Å². The summed E-state index contributed by atoms with van der Waals surface area (Å²) < 4.78 is 34.8. The Balaban J connectivity index is 1.80. The highest BCUT2D eigenvalue weighted by molar-refractivity contribution is 9.10. The molecule has 1 heterocycles. The van der Waals surface area contributed by atoms with Gasteiger partial charge >= 0.3 is 5.97 Å². The first-order valence-corrected chi connectivity index (χ1v) is 12.4. The lowest BCUT2D eigenvalue weighted by molar-refractivity contribution is 0.0603. The minimum absolute atomic E-state index is 0.123. The van der Waals surface area contributed by atoms with Gasteiger partial charge in [-0.3, -0.25) is 4.72 Å². The number of hydrogen-bond acceptors (Lipinski definition) is 5. The summed E-state index contributed by atoms with van der Waals surface area (Å²) in [4.78, 5) is 13.6. The number of sulfonamides is 1. The first-order chi connectivity index (χ1) is 14.8. The molecule has 3 aromatic carbocycles. The summed E-state index contributed by atoms with van der Waals surface area (Å²) in [6.45, 7) is 1.85. The third kappa shape index (κ3) is 4.23. The van der Waals surface area contributed by atoms with Crippen LogP contribution in [0.4, 0.5) is 5.00 Å². The molecule has 8 heteroatoms. The zero-order valence-electron chi connectivity index (χ0n) is 16.7.